The number of benzene rings is 1. The highest BCUT2D eigenvalue weighted by Crippen LogP contribution is 2.16. The zero-order valence-electron chi connectivity index (χ0n) is 7.75. The zero-order chi connectivity index (χ0) is 9.84. The SMILES string of the molecule is CON(C)Cc1c(N)cccc1F. The van der Waals surface area contributed by atoms with Crippen molar-refractivity contribution in [3.05, 3.63) is 29.6 Å². The minimum atomic E-state index is -0.302. The van der Waals surface area contributed by atoms with Crippen molar-refractivity contribution in [1.82, 2.24) is 5.06 Å². The van der Waals surface area contributed by atoms with Crippen LogP contribution in [0.3, 0.4) is 0 Å². The van der Waals surface area contributed by atoms with Gasteiger partial charge in [-0.25, -0.2) is 4.39 Å². The summed E-state index contributed by atoms with van der Waals surface area (Å²) in [7, 11) is 3.24. The molecule has 13 heavy (non-hydrogen) atoms. The Kier molecular flexibility index (Phi) is 3.22. The fourth-order valence-corrected chi connectivity index (χ4v) is 1.03. The van der Waals surface area contributed by atoms with E-state index in [2.05, 4.69) is 0 Å². The molecule has 3 nitrogen and oxygen atoms in total. The molecule has 0 unspecified atom stereocenters. The summed E-state index contributed by atoms with van der Waals surface area (Å²) in [5.41, 5.74) is 6.51. The van der Waals surface area contributed by atoms with E-state index in [0.29, 0.717) is 17.8 Å². The zero-order valence-corrected chi connectivity index (χ0v) is 7.75. The van der Waals surface area contributed by atoms with Gasteiger partial charge in [-0.15, -0.1) is 0 Å². The largest absolute Gasteiger partial charge is 0.398 e. The lowest BCUT2D eigenvalue weighted by Crippen LogP contribution is -2.17. The highest BCUT2D eigenvalue weighted by Gasteiger charge is 2.07. The first-order chi connectivity index (χ1) is 6.15. The number of hydrogen-bond donors (Lipinski definition) is 1. The number of rotatable bonds is 3. The third kappa shape index (κ3) is 2.40. The molecular weight excluding hydrogens is 171 g/mol. The molecule has 0 saturated carbocycles. The number of hydrogen-bond acceptors (Lipinski definition) is 3. The van der Waals surface area contributed by atoms with Crippen LogP contribution in [-0.2, 0) is 11.4 Å². The maximum Gasteiger partial charge on any atom is 0.129 e. The molecule has 0 aromatic heterocycles. The summed E-state index contributed by atoms with van der Waals surface area (Å²) in [6, 6.07) is 4.64. The highest BCUT2D eigenvalue weighted by atomic mass is 19.1. The molecule has 1 aromatic rings. The first kappa shape index (κ1) is 9.95. The van der Waals surface area contributed by atoms with E-state index in [1.54, 1.807) is 19.2 Å². The Bertz CT molecular complexity index is 271. The molecule has 4 heteroatoms. The van der Waals surface area contributed by atoms with Gasteiger partial charge in [0.25, 0.3) is 0 Å². The molecule has 0 atom stereocenters. The second-order valence-corrected chi connectivity index (χ2v) is 2.78. The van der Waals surface area contributed by atoms with Gasteiger partial charge in [0, 0.05) is 18.3 Å². The summed E-state index contributed by atoms with van der Waals surface area (Å²) < 4.78 is 13.2. The highest BCUT2D eigenvalue weighted by molar-refractivity contribution is 5.46. The van der Waals surface area contributed by atoms with Gasteiger partial charge in [0.1, 0.15) is 5.82 Å². The van der Waals surface area contributed by atoms with Crippen molar-refractivity contribution >= 4 is 5.69 Å². The maximum atomic E-state index is 13.2. The number of nitrogens with two attached hydrogens (primary N) is 1. The number of nitrogen functional groups attached to an aromatic ring is 1. The first-order valence-electron chi connectivity index (χ1n) is 3.93. The molecule has 1 rings (SSSR count). The average Bonchev–Trinajstić information content (AvgIpc) is 2.11. The lowest BCUT2D eigenvalue weighted by molar-refractivity contribution is -0.117. The second kappa shape index (κ2) is 4.20. The third-order valence-electron chi connectivity index (χ3n) is 1.85. The van der Waals surface area contributed by atoms with Crippen molar-refractivity contribution in [3.8, 4) is 0 Å². The minimum Gasteiger partial charge on any atom is -0.398 e. The maximum absolute atomic E-state index is 13.2. The molecule has 0 aliphatic rings. The van der Waals surface area contributed by atoms with Gasteiger partial charge in [-0.05, 0) is 12.1 Å². The molecule has 0 heterocycles. The molecule has 2 N–H and O–H groups in total. The fourth-order valence-electron chi connectivity index (χ4n) is 1.03. The van der Waals surface area contributed by atoms with E-state index in [4.69, 9.17) is 10.6 Å². The topological polar surface area (TPSA) is 38.5 Å². The lowest BCUT2D eigenvalue weighted by atomic mass is 10.1. The first-order valence-corrected chi connectivity index (χ1v) is 3.93. The van der Waals surface area contributed by atoms with Crippen molar-refractivity contribution in [2.24, 2.45) is 0 Å². The average molecular weight is 184 g/mol. The van der Waals surface area contributed by atoms with Crippen molar-refractivity contribution in [2.45, 2.75) is 6.54 Å². The van der Waals surface area contributed by atoms with Crippen LogP contribution in [0.4, 0.5) is 10.1 Å². The van der Waals surface area contributed by atoms with Crippen LogP contribution in [0.1, 0.15) is 5.56 Å². The molecule has 0 aliphatic heterocycles. The van der Waals surface area contributed by atoms with Gasteiger partial charge < -0.3 is 10.6 Å². The van der Waals surface area contributed by atoms with Crippen LogP contribution in [-0.4, -0.2) is 19.2 Å². The third-order valence-corrected chi connectivity index (χ3v) is 1.85. The summed E-state index contributed by atoms with van der Waals surface area (Å²) in [4.78, 5) is 4.88. The summed E-state index contributed by atoms with van der Waals surface area (Å²) in [6.07, 6.45) is 0. The molecule has 0 aliphatic carbocycles. The van der Waals surface area contributed by atoms with E-state index < -0.39 is 0 Å². The van der Waals surface area contributed by atoms with Crippen LogP contribution < -0.4 is 5.73 Å². The normalized spacial score (nSPS) is 10.8. The molecular formula is C9H13FN2O. The van der Waals surface area contributed by atoms with Crippen molar-refractivity contribution in [1.29, 1.82) is 0 Å². The van der Waals surface area contributed by atoms with E-state index in [9.17, 15) is 4.39 Å². The standard InChI is InChI=1S/C9H13FN2O/c1-12(13-2)6-7-8(10)4-3-5-9(7)11/h3-5H,6,11H2,1-2H3. The molecule has 0 fully saturated rings. The van der Waals surface area contributed by atoms with Gasteiger partial charge in [0.05, 0.1) is 13.7 Å². The van der Waals surface area contributed by atoms with E-state index in [1.165, 1.54) is 18.2 Å². The van der Waals surface area contributed by atoms with Crippen LogP contribution >= 0.6 is 0 Å². The lowest BCUT2D eigenvalue weighted by Gasteiger charge is -2.15. The van der Waals surface area contributed by atoms with Gasteiger partial charge >= 0.3 is 0 Å². The monoisotopic (exact) mass is 184 g/mol. The van der Waals surface area contributed by atoms with E-state index >= 15 is 0 Å². The molecule has 1 aromatic carbocycles. The summed E-state index contributed by atoms with van der Waals surface area (Å²) in [6.45, 7) is 0.342. The van der Waals surface area contributed by atoms with Gasteiger partial charge in [-0.3, -0.25) is 0 Å². The Labute approximate surface area is 76.9 Å². The summed E-state index contributed by atoms with van der Waals surface area (Å²) in [5, 5.41) is 1.51. The Balaban J connectivity index is 2.87. The van der Waals surface area contributed by atoms with E-state index in [1.807, 2.05) is 0 Å². The Morgan fingerprint density at radius 1 is 1.54 bits per heavy atom. The number of anilines is 1. The molecule has 0 spiro atoms. The predicted octanol–water partition coefficient (Wildman–Crippen LogP) is 1.40. The summed E-state index contributed by atoms with van der Waals surface area (Å²) in [5.74, 6) is -0.302. The smallest absolute Gasteiger partial charge is 0.129 e. The van der Waals surface area contributed by atoms with Crippen LogP contribution in [0, 0.1) is 5.82 Å². The van der Waals surface area contributed by atoms with Crippen molar-refractivity contribution in [2.75, 3.05) is 19.9 Å². The van der Waals surface area contributed by atoms with Crippen LogP contribution in [0.25, 0.3) is 0 Å². The number of nitrogens with zero attached hydrogens (tertiary/aromatic N) is 1. The Morgan fingerprint density at radius 2 is 2.23 bits per heavy atom. The minimum absolute atomic E-state index is 0.302. The van der Waals surface area contributed by atoms with E-state index in [-0.39, 0.29) is 5.82 Å². The molecule has 0 saturated heterocycles. The number of halogens is 1. The number of hydroxylamine groups is 2. The predicted molar refractivity (Wildman–Crippen MR) is 49.3 cm³/mol. The van der Waals surface area contributed by atoms with Gasteiger partial charge in [-0.1, -0.05) is 6.07 Å². The fraction of sp³-hybridized carbons (Fsp3) is 0.333. The van der Waals surface area contributed by atoms with Gasteiger partial charge in [-0.2, -0.15) is 5.06 Å². The molecule has 0 radical (unpaired) electrons. The van der Waals surface area contributed by atoms with Gasteiger partial charge in [0.15, 0.2) is 0 Å². The second-order valence-electron chi connectivity index (χ2n) is 2.78. The summed E-state index contributed by atoms with van der Waals surface area (Å²) >= 11 is 0. The Morgan fingerprint density at radius 3 is 2.77 bits per heavy atom. The van der Waals surface area contributed by atoms with Crippen molar-refractivity contribution in [3.63, 3.8) is 0 Å². The van der Waals surface area contributed by atoms with Crippen LogP contribution in [0.5, 0.6) is 0 Å². The van der Waals surface area contributed by atoms with E-state index in [0.717, 1.165) is 0 Å². The quantitative estimate of drug-likeness (QED) is 0.570. The van der Waals surface area contributed by atoms with Crippen LogP contribution in [0.15, 0.2) is 18.2 Å². The Hall–Kier alpha value is -1.13. The van der Waals surface area contributed by atoms with Gasteiger partial charge in [0.2, 0.25) is 0 Å². The molecule has 0 bridgehead atoms. The van der Waals surface area contributed by atoms with Crippen molar-refractivity contribution < 1.29 is 9.23 Å². The molecule has 0 amide bonds. The molecule has 72 valence electrons. The van der Waals surface area contributed by atoms with Crippen LogP contribution in [0.2, 0.25) is 0 Å².